The molecule has 10 heteroatoms. The van der Waals surface area contributed by atoms with E-state index in [1.165, 1.54) is 26.4 Å². The normalized spacial score (nSPS) is 17.3. The summed E-state index contributed by atoms with van der Waals surface area (Å²) < 4.78 is 34.0. The second-order valence-electron chi connectivity index (χ2n) is 5.14. The number of sulfonamides is 1. The molecule has 1 aromatic rings. The van der Waals surface area contributed by atoms with E-state index >= 15 is 0 Å². The van der Waals surface area contributed by atoms with Gasteiger partial charge in [-0.25, -0.2) is 13.2 Å². The number of ether oxygens (including phenoxy) is 2. The van der Waals surface area contributed by atoms with Crippen molar-refractivity contribution in [1.29, 1.82) is 0 Å². The van der Waals surface area contributed by atoms with Gasteiger partial charge in [-0.1, -0.05) is 17.7 Å². The maximum absolute atomic E-state index is 12.3. The Labute approximate surface area is 150 Å². The largest absolute Gasteiger partial charge is 0.468 e. The number of hydrogen-bond donors (Lipinski definition) is 2. The summed E-state index contributed by atoms with van der Waals surface area (Å²) in [4.78, 5) is 26.0. The average Bonchev–Trinajstić information content (AvgIpc) is 3.03. The van der Waals surface area contributed by atoms with Crippen molar-refractivity contribution in [2.24, 2.45) is 0 Å². The number of aryl methyl sites for hydroxylation is 1. The monoisotopic (exact) mass is 386 g/mol. The molecule has 0 aliphatic carbocycles. The molecule has 25 heavy (non-hydrogen) atoms. The molecule has 2 N–H and O–H groups in total. The summed E-state index contributed by atoms with van der Waals surface area (Å²) in [5, 5.41) is -0.871. The number of thioether (sulfide) groups is 1. The number of hydrazine groups is 1. The number of hydrogen-bond acceptors (Lipinski definition) is 8. The molecule has 0 saturated carbocycles. The number of carbonyl (C=O) groups excluding carboxylic acids is 2. The summed E-state index contributed by atoms with van der Waals surface area (Å²) in [6.45, 7) is 1.85. The van der Waals surface area contributed by atoms with E-state index in [0.29, 0.717) is 0 Å². The first-order valence-corrected chi connectivity index (χ1v) is 9.68. The van der Waals surface area contributed by atoms with Crippen LogP contribution in [0, 0.1) is 6.92 Å². The predicted molar refractivity (Wildman–Crippen MR) is 91.9 cm³/mol. The summed E-state index contributed by atoms with van der Waals surface area (Å²) in [5.74, 6) is -1.11. The van der Waals surface area contributed by atoms with Gasteiger partial charge in [-0.05, 0) is 19.1 Å². The van der Waals surface area contributed by atoms with E-state index in [4.69, 9.17) is 0 Å². The Kier molecular flexibility index (Phi) is 6.09. The molecule has 1 unspecified atom stereocenters. The number of benzene rings is 1. The molecule has 0 bridgehead atoms. The summed E-state index contributed by atoms with van der Waals surface area (Å²) in [7, 11) is -1.44. The van der Waals surface area contributed by atoms with E-state index in [1.54, 1.807) is 12.1 Å². The van der Waals surface area contributed by atoms with Crippen LogP contribution in [0.3, 0.4) is 0 Å². The van der Waals surface area contributed by atoms with Crippen LogP contribution in [-0.2, 0) is 29.1 Å². The van der Waals surface area contributed by atoms with E-state index in [-0.39, 0.29) is 21.9 Å². The van der Waals surface area contributed by atoms with Crippen LogP contribution in [0.15, 0.2) is 40.4 Å². The quantitative estimate of drug-likeness (QED) is 0.537. The van der Waals surface area contributed by atoms with Crippen LogP contribution in [0.5, 0.6) is 0 Å². The van der Waals surface area contributed by atoms with E-state index in [9.17, 15) is 18.0 Å². The minimum absolute atomic E-state index is 0.0333. The molecule has 0 spiro atoms. The van der Waals surface area contributed by atoms with Gasteiger partial charge in [-0.2, -0.15) is 0 Å². The van der Waals surface area contributed by atoms with Crippen LogP contribution in [-0.4, -0.2) is 45.6 Å². The van der Waals surface area contributed by atoms with Crippen molar-refractivity contribution >= 4 is 33.7 Å². The zero-order valence-corrected chi connectivity index (χ0v) is 15.5. The lowest BCUT2D eigenvalue weighted by Crippen LogP contribution is -2.38. The Bertz CT molecular complexity index is 802. The summed E-state index contributed by atoms with van der Waals surface area (Å²) in [6.07, 6.45) is 0. The van der Waals surface area contributed by atoms with Crippen LogP contribution in [0.25, 0.3) is 0 Å². The Morgan fingerprint density at radius 3 is 2.36 bits per heavy atom. The first kappa shape index (κ1) is 19.3. The minimum atomic E-state index is -3.84. The first-order chi connectivity index (χ1) is 11.8. The Balaban J connectivity index is 2.23. The second kappa shape index (κ2) is 7.89. The van der Waals surface area contributed by atoms with Gasteiger partial charge in [0.15, 0.2) is 0 Å². The van der Waals surface area contributed by atoms with Crippen molar-refractivity contribution in [2.75, 3.05) is 20.0 Å². The lowest BCUT2D eigenvalue weighted by molar-refractivity contribution is -0.142. The fourth-order valence-electron chi connectivity index (χ4n) is 2.13. The highest BCUT2D eigenvalue weighted by molar-refractivity contribution is 8.01. The third-order valence-electron chi connectivity index (χ3n) is 3.47. The van der Waals surface area contributed by atoms with Gasteiger partial charge in [-0.3, -0.25) is 4.79 Å². The zero-order valence-electron chi connectivity index (χ0n) is 13.9. The fraction of sp³-hybridized carbons (Fsp3) is 0.333. The maximum Gasteiger partial charge on any atom is 0.337 e. The number of esters is 2. The number of nitrogens with one attached hydrogen (secondary N) is 2. The van der Waals surface area contributed by atoms with Gasteiger partial charge in [-0.15, -0.1) is 16.6 Å². The van der Waals surface area contributed by atoms with Crippen molar-refractivity contribution < 1.29 is 27.5 Å². The molecular formula is C15H18N2O6S2. The van der Waals surface area contributed by atoms with Crippen molar-refractivity contribution in [2.45, 2.75) is 17.1 Å². The Morgan fingerprint density at radius 2 is 1.80 bits per heavy atom. The van der Waals surface area contributed by atoms with Crippen LogP contribution in [0.1, 0.15) is 5.56 Å². The second-order valence-corrected chi connectivity index (χ2v) is 7.92. The van der Waals surface area contributed by atoms with E-state index in [0.717, 1.165) is 17.3 Å². The summed E-state index contributed by atoms with van der Waals surface area (Å²) in [5.41, 5.74) is 3.73. The molecule has 2 rings (SSSR count). The van der Waals surface area contributed by atoms with Crippen LogP contribution in [0.2, 0.25) is 0 Å². The van der Waals surface area contributed by atoms with Gasteiger partial charge in [0.1, 0.15) is 5.25 Å². The van der Waals surface area contributed by atoms with Gasteiger partial charge in [0.25, 0.3) is 10.0 Å². The van der Waals surface area contributed by atoms with Crippen molar-refractivity contribution in [3.05, 3.63) is 41.1 Å². The molecule has 1 atom stereocenters. The highest BCUT2D eigenvalue weighted by Crippen LogP contribution is 2.32. The molecule has 8 nitrogen and oxygen atoms in total. The van der Waals surface area contributed by atoms with Crippen molar-refractivity contribution in [1.82, 2.24) is 10.3 Å². The molecule has 0 amide bonds. The molecule has 1 aromatic carbocycles. The standard InChI is InChI=1S/C15H18N2O6S2/c1-9-4-6-10(7-5-9)25(20,21)17-16-11-8-24-13(15(19)23-3)12(11)14(18)22-2/h4-7,13,16-17H,8H2,1-3H3. The molecule has 0 saturated heterocycles. The minimum Gasteiger partial charge on any atom is -0.468 e. The summed E-state index contributed by atoms with van der Waals surface area (Å²) in [6, 6.07) is 6.28. The Hall–Kier alpha value is -2.04. The molecule has 1 heterocycles. The van der Waals surface area contributed by atoms with Crippen LogP contribution in [0.4, 0.5) is 0 Å². The number of rotatable bonds is 6. The van der Waals surface area contributed by atoms with E-state index in [2.05, 4.69) is 19.7 Å². The fourth-order valence-corrected chi connectivity index (χ4v) is 4.20. The predicted octanol–water partition coefficient (Wildman–Crippen LogP) is 0.493. The van der Waals surface area contributed by atoms with Crippen LogP contribution < -0.4 is 10.3 Å². The molecule has 0 fully saturated rings. The number of carbonyl (C=O) groups is 2. The van der Waals surface area contributed by atoms with Gasteiger partial charge in [0.2, 0.25) is 0 Å². The highest BCUT2D eigenvalue weighted by Gasteiger charge is 2.38. The smallest absolute Gasteiger partial charge is 0.337 e. The maximum atomic E-state index is 12.3. The molecule has 0 radical (unpaired) electrons. The highest BCUT2D eigenvalue weighted by atomic mass is 32.2. The lowest BCUT2D eigenvalue weighted by Gasteiger charge is -2.13. The van der Waals surface area contributed by atoms with Gasteiger partial charge >= 0.3 is 11.9 Å². The molecule has 1 aliphatic rings. The van der Waals surface area contributed by atoms with Gasteiger partial charge < -0.3 is 14.9 Å². The van der Waals surface area contributed by atoms with Gasteiger partial charge in [0.05, 0.1) is 24.7 Å². The molecular weight excluding hydrogens is 368 g/mol. The van der Waals surface area contributed by atoms with E-state index in [1.807, 2.05) is 6.92 Å². The van der Waals surface area contributed by atoms with Gasteiger partial charge in [0, 0.05) is 11.4 Å². The molecule has 136 valence electrons. The lowest BCUT2D eigenvalue weighted by atomic mass is 10.1. The molecule has 1 aliphatic heterocycles. The SMILES string of the molecule is COC(=O)C1=C(NNS(=O)(=O)c2ccc(C)cc2)CSC1C(=O)OC. The zero-order chi connectivity index (χ0) is 18.6. The third-order valence-corrected chi connectivity index (χ3v) is 5.95. The number of methoxy groups -OCH3 is 2. The van der Waals surface area contributed by atoms with Crippen molar-refractivity contribution in [3.8, 4) is 0 Å². The summed E-state index contributed by atoms with van der Waals surface area (Å²) >= 11 is 1.14. The molecule has 0 aromatic heterocycles. The van der Waals surface area contributed by atoms with Crippen LogP contribution >= 0.6 is 11.8 Å². The third kappa shape index (κ3) is 4.33. The Morgan fingerprint density at radius 1 is 1.16 bits per heavy atom. The van der Waals surface area contributed by atoms with Crippen molar-refractivity contribution in [3.63, 3.8) is 0 Å². The topological polar surface area (TPSA) is 111 Å². The average molecular weight is 386 g/mol. The van der Waals surface area contributed by atoms with E-state index < -0.39 is 27.2 Å². The first-order valence-electron chi connectivity index (χ1n) is 7.15.